The third-order valence-corrected chi connectivity index (χ3v) is 1.75. The van der Waals surface area contributed by atoms with Gasteiger partial charge in [-0.1, -0.05) is 0 Å². The molecule has 0 aromatic heterocycles. The summed E-state index contributed by atoms with van der Waals surface area (Å²) in [6.07, 6.45) is 0. The average molecular weight is 451 g/mol. The van der Waals surface area contributed by atoms with Crippen LogP contribution in [0.5, 0.6) is 0 Å². The van der Waals surface area contributed by atoms with E-state index in [1.165, 1.54) is 0 Å². The monoisotopic (exact) mass is 452 g/mol. The molecule has 0 aliphatic heterocycles. The molecule has 17 heavy (non-hydrogen) atoms. The van der Waals surface area contributed by atoms with Crippen molar-refractivity contribution in [1.29, 1.82) is 0 Å². The maximum Gasteiger partial charge on any atom is 0.522 e. The summed E-state index contributed by atoms with van der Waals surface area (Å²) in [5, 5.41) is 0. The number of rotatable bonds is 0. The molecule has 0 fully saturated rings. The van der Waals surface area contributed by atoms with E-state index in [0.717, 1.165) is 0 Å². The maximum atomic E-state index is 10.7. The Bertz CT molecular complexity index is 374. The van der Waals surface area contributed by atoms with Gasteiger partial charge in [-0.05, 0) is 0 Å². The molecule has 0 amide bonds. The molecule has 6 nitrogen and oxygen atoms in total. The average Bonchev–Trinajstić information content (AvgIpc) is 1.77. The van der Waals surface area contributed by atoms with Crippen molar-refractivity contribution < 1.29 is 92.7 Å². The van der Waals surface area contributed by atoms with Gasteiger partial charge in [-0.3, -0.25) is 9.11 Å². The van der Waals surface area contributed by atoms with E-state index >= 15 is 0 Å². The van der Waals surface area contributed by atoms with E-state index in [2.05, 4.69) is 0 Å². The van der Waals surface area contributed by atoms with Gasteiger partial charge < -0.3 is 0 Å². The predicted octanol–water partition coefficient (Wildman–Crippen LogP) is 0.788. The molecular formula is C2H2F6O6S2Sm. The first kappa shape index (κ1) is 22.9. The molecule has 0 bridgehead atoms. The van der Waals surface area contributed by atoms with Gasteiger partial charge in [0.05, 0.1) is 0 Å². The summed E-state index contributed by atoms with van der Waals surface area (Å²) in [6.45, 7) is 0. The van der Waals surface area contributed by atoms with Crippen LogP contribution in [-0.4, -0.2) is 37.0 Å². The van der Waals surface area contributed by atoms with E-state index in [-0.39, 0.29) is 40.4 Å². The molecule has 0 aliphatic carbocycles. The van der Waals surface area contributed by atoms with Crippen LogP contribution in [0.4, 0.5) is 26.3 Å². The van der Waals surface area contributed by atoms with Crippen LogP contribution in [-0.2, 0) is 20.2 Å². The quantitative estimate of drug-likeness (QED) is 0.321. The summed E-state index contributed by atoms with van der Waals surface area (Å²) >= 11 is 0. The molecule has 15 heteroatoms. The SMILES string of the molecule is O=S(=O)(O)C(F)(F)F.O=S(=O)(O)C(F)(F)F.[Sm]. The fourth-order valence-electron chi connectivity index (χ4n) is 0. The van der Waals surface area contributed by atoms with E-state index in [1.54, 1.807) is 0 Å². The summed E-state index contributed by atoms with van der Waals surface area (Å²) in [5.74, 6) is 0. The minimum Gasteiger partial charge on any atom is -0.279 e. The molecular weight excluding hydrogens is 448 g/mol. The van der Waals surface area contributed by atoms with Crippen molar-refractivity contribution in [2.75, 3.05) is 0 Å². The molecule has 0 aromatic rings. The smallest absolute Gasteiger partial charge is 0.279 e. The fourth-order valence-corrected chi connectivity index (χ4v) is 0. The third-order valence-electron chi connectivity index (χ3n) is 0.585. The van der Waals surface area contributed by atoms with Crippen LogP contribution in [0, 0.1) is 40.4 Å². The van der Waals surface area contributed by atoms with E-state index < -0.39 is 31.3 Å². The molecule has 106 valence electrons. The molecule has 0 atom stereocenters. The van der Waals surface area contributed by atoms with Crippen LogP contribution in [0.25, 0.3) is 0 Å². The summed E-state index contributed by atoms with van der Waals surface area (Å²) in [7, 11) is -11.7. The second-order valence-electron chi connectivity index (χ2n) is 1.84. The minimum absolute atomic E-state index is 0. The van der Waals surface area contributed by atoms with Crippen LogP contribution in [0.3, 0.4) is 0 Å². The standard InChI is InChI=1S/2CHF3O3S.Sm/c2*2-1(3,4)8(5,6)7;/h2*(H,5,6,7);. The Balaban J connectivity index is -0.000000218. The van der Waals surface area contributed by atoms with Gasteiger partial charge in [-0.25, -0.2) is 0 Å². The number of hydrogen-bond donors (Lipinski definition) is 2. The van der Waals surface area contributed by atoms with E-state index in [1.807, 2.05) is 0 Å². The van der Waals surface area contributed by atoms with Crippen LogP contribution in [0.15, 0.2) is 0 Å². The zero-order valence-corrected chi connectivity index (χ0v) is 11.3. The van der Waals surface area contributed by atoms with Crippen molar-refractivity contribution >= 4 is 20.2 Å². The minimum atomic E-state index is -5.84. The zero-order valence-electron chi connectivity index (χ0n) is 7.02. The largest absolute Gasteiger partial charge is 0.522 e. The summed E-state index contributed by atoms with van der Waals surface area (Å²) in [4.78, 5) is 0. The summed E-state index contributed by atoms with van der Waals surface area (Å²) in [6, 6.07) is 0. The first-order valence-electron chi connectivity index (χ1n) is 2.57. The van der Waals surface area contributed by atoms with Crippen LogP contribution >= 0.6 is 0 Å². The molecule has 0 saturated heterocycles. The zero-order chi connectivity index (χ0) is 14.0. The van der Waals surface area contributed by atoms with E-state index in [9.17, 15) is 26.3 Å². The van der Waals surface area contributed by atoms with Gasteiger partial charge in [0.15, 0.2) is 0 Å². The fraction of sp³-hybridized carbons (Fsp3) is 1.00. The molecule has 0 saturated carbocycles. The van der Waals surface area contributed by atoms with Gasteiger partial charge in [0.2, 0.25) is 0 Å². The Morgan fingerprint density at radius 1 is 0.647 bits per heavy atom. The van der Waals surface area contributed by atoms with Crippen LogP contribution in [0.1, 0.15) is 0 Å². The molecule has 0 radical (unpaired) electrons. The molecule has 2 N–H and O–H groups in total. The number of alkyl halides is 6. The van der Waals surface area contributed by atoms with Gasteiger partial charge in [-0.15, -0.1) is 0 Å². The normalized spacial score (nSPS) is 13.2. The molecule has 0 spiro atoms. The van der Waals surface area contributed by atoms with Crippen LogP contribution < -0.4 is 0 Å². The molecule has 0 aliphatic rings. The van der Waals surface area contributed by atoms with Crippen molar-refractivity contribution in [1.82, 2.24) is 0 Å². The topological polar surface area (TPSA) is 109 Å². The third kappa shape index (κ3) is 10.4. The van der Waals surface area contributed by atoms with Crippen molar-refractivity contribution in [3.05, 3.63) is 0 Å². The predicted molar refractivity (Wildman–Crippen MR) is 35.2 cm³/mol. The number of halogens is 6. The second kappa shape index (κ2) is 6.77. The first-order chi connectivity index (χ1) is 6.50. The van der Waals surface area contributed by atoms with E-state index in [4.69, 9.17) is 25.9 Å². The van der Waals surface area contributed by atoms with Crippen molar-refractivity contribution in [3.8, 4) is 0 Å². The molecule has 0 rings (SSSR count). The van der Waals surface area contributed by atoms with Gasteiger partial charge in [0.25, 0.3) is 0 Å². The maximum absolute atomic E-state index is 10.7. The Kier molecular flexibility index (Phi) is 9.12. The van der Waals surface area contributed by atoms with Gasteiger partial charge >= 0.3 is 31.3 Å². The van der Waals surface area contributed by atoms with E-state index in [0.29, 0.717) is 0 Å². The Morgan fingerprint density at radius 2 is 0.706 bits per heavy atom. The second-order valence-corrected chi connectivity index (χ2v) is 4.67. The molecule has 0 heterocycles. The van der Waals surface area contributed by atoms with Gasteiger partial charge in [-0.2, -0.15) is 43.2 Å². The number of hydrogen-bond acceptors (Lipinski definition) is 4. The van der Waals surface area contributed by atoms with Gasteiger partial charge in [0.1, 0.15) is 0 Å². The van der Waals surface area contributed by atoms with Gasteiger partial charge in [0, 0.05) is 40.4 Å². The summed E-state index contributed by atoms with van der Waals surface area (Å²) < 4.78 is 115. The Hall–Kier alpha value is 0.738. The first-order valence-corrected chi connectivity index (χ1v) is 5.45. The van der Waals surface area contributed by atoms with Crippen LogP contribution in [0.2, 0.25) is 0 Å². The molecule has 0 aromatic carbocycles. The Morgan fingerprint density at radius 3 is 0.706 bits per heavy atom. The Labute approximate surface area is 123 Å². The summed E-state index contributed by atoms with van der Waals surface area (Å²) in [5.41, 5.74) is -11.1. The van der Waals surface area contributed by atoms with Crippen molar-refractivity contribution in [3.63, 3.8) is 0 Å². The van der Waals surface area contributed by atoms with Crippen molar-refractivity contribution in [2.45, 2.75) is 11.0 Å². The molecule has 0 unspecified atom stereocenters. The van der Waals surface area contributed by atoms with Crippen molar-refractivity contribution in [2.24, 2.45) is 0 Å².